The average Bonchev–Trinajstić information content (AvgIpc) is 3.14. The van der Waals surface area contributed by atoms with E-state index < -0.39 is 10.8 Å². The number of nitrogens with zero attached hydrogens (tertiary/aromatic N) is 1. The molecule has 1 aliphatic carbocycles. The zero-order chi connectivity index (χ0) is 12.3. The first-order chi connectivity index (χ1) is 8.20. The normalized spacial score (nSPS) is 27.2. The summed E-state index contributed by atoms with van der Waals surface area (Å²) in [6, 6.07) is 0.597. The molecule has 4 nitrogen and oxygen atoms in total. The van der Waals surface area contributed by atoms with Crippen LogP contribution in [0.4, 0.5) is 0 Å². The number of carbonyl (C=O) groups excluding carboxylic acids is 1. The Labute approximate surface area is 106 Å². The molecule has 0 aromatic carbocycles. The van der Waals surface area contributed by atoms with Crippen LogP contribution in [0, 0.1) is 0 Å². The number of rotatable bonds is 6. The largest absolute Gasteiger partial charge is 0.340 e. The van der Waals surface area contributed by atoms with Crippen LogP contribution in [0.2, 0.25) is 0 Å². The average molecular weight is 258 g/mol. The first kappa shape index (κ1) is 13.0. The van der Waals surface area contributed by atoms with E-state index in [9.17, 15) is 9.00 Å². The Morgan fingerprint density at radius 1 is 1.41 bits per heavy atom. The number of nitrogens with one attached hydrogen (secondary N) is 1. The van der Waals surface area contributed by atoms with Crippen molar-refractivity contribution >= 4 is 16.7 Å². The zero-order valence-electron chi connectivity index (χ0n) is 10.5. The Hall–Kier alpha value is -0.420. The molecule has 1 amide bonds. The van der Waals surface area contributed by atoms with E-state index >= 15 is 0 Å². The summed E-state index contributed by atoms with van der Waals surface area (Å²) in [5, 5.41) is 3.41. The second-order valence-corrected chi connectivity index (χ2v) is 6.76. The lowest BCUT2D eigenvalue weighted by atomic mass is 10.0. The summed E-state index contributed by atoms with van der Waals surface area (Å²) < 4.78 is 11.4. The molecule has 1 heterocycles. The molecule has 2 aliphatic rings. The van der Waals surface area contributed by atoms with E-state index in [2.05, 4.69) is 5.32 Å². The summed E-state index contributed by atoms with van der Waals surface area (Å²) in [5.74, 6) is 1.53. The molecule has 1 saturated carbocycles. The van der Waals surface area contributed by atoms with Crippen LogP contribution in [0.25, 0.3) is 0 Å². The molecule has 2 fully saturated rings. The fraction of sp³-hybridized carbons (Fsp3) is 0.917. The predicted octanol–water partition coefficient (Wildman–Crippen LogP) is 0.498. The third kappa shape index (κ3) is 3.78. The van der Waals surface area contributed by atoms with Gasteiger partial charge in [-0.25, -0.2) is 0 Å². The van der Waals surface area contributed by atoms with Crippen LogP contribution in [0.1, 0.15) is 32.6 Å². The summed E-state index contributed by atoms with van der Waals surface area (Å²) in [6.07, 6.45) is 4.45. The molecule has 0 spiro atoms. The number of carbonyl (C=O) groups is 1. The van der Waals surface area contributed by atoms with E-state index in [-0.39, 0.29) is 11.9 Å². The second kappa shape index (κ2) is 5.96. The lowest BCUT2D eigenvalue weighted by Crippen LogP contribution is -2.52. The van der Waals surface area contributed by atoms with Crippen LogP contribution in [-0.4, -0.2) is 51.7 Å². The van der Waals surface area contributed by atoms with Crippen LogP contribution in [0.3, 0.4) is 0 Å². The number of amides is 1. The molecule has 1 N–H and O–H groups in total. The highest BCUT2D eigenvalue weighted by Gasteiger charge is 2.33. The van der Waals surface area contributed by atoms with Gasteiger partial charge in [-0.1, -0.05) is 6.92 Å². The predicted molar refractivity (Wildman–Crippen MR) is 69.3 cm³/mol. The molecule has 17 heavy (non-hydrogen) atoms. The minimum absolute atomic E-state index is 0.0197. The van der Waals surface area contributed by atoms with Crippen molar-refractivity contribution in [1.29, 1.82) is 0 Å². The highest BCUT2D eigenvalue weighted by Crippen LogP contribution is 2.22. The van der Waals surface area contributed by atoms with Crippen LogP contribution in [-0.2, 0) is 15.6 Å². The van der Waals surface area contributed by atoms with Crippen LogP contribution in [0.15, 0.2) is 0 Å². The van der Waals surface area contributed by atoms with Crippen LogP contribution in [0.5, 0.6) is 0 Å². The molecule has 1 aliphatic heterocycles. The van der Waals surface area contributed by atoms with Gasteiger partial charge in [0.1, 0.15) is 0 Å². The summed E-state index contributed by atoms with van der Waals surface area (Å²) >= 11 is 0. The van der Waals surface area contributed by atoms with E-state index in [4.69, 9.17) is 0 Å². The lowest BCUT2D eigenvalue weighted by molar-refractivity contribution is -0.135. The molecule has 2 atom stereocenters. The van der Waals surface area contributed by atoms with Crippen molar-refractivity contribution in [1.82, 2.24) is 10.2 Å². The summed E-state index contributed by atoms with van der Waals surface area (Å²) in [7, 11) is -0.768. The Bertz CT molecular complexity index is 305. The standard InChI is InChI=1S/C12H22N2O2S/c1-2-17(16)9-8-14-7-3-4-11(12(14)15)13-10-5-6-10/h10-11,13H,2-9H2,1H3. The van der Waals surface area contributed by atoms with Crippen molar-refractivity contribution < 1.29 is 9.00 Å². The number of likely N-dealkylation sites (tertiary alicyclic amines) is 1. The minimum Gasteiger partial charge on any atom is -0.340 e. The molecule has 98 valence electrons. The van der Waals surface area contributed by atoms with Crippen molar-refractivity contribution in [2.45, 2.75) is 44.7 Å². The van der Waals surface area contributed by atoms with Gasteiger partial charge < -0.3 is 10.2 Å². The molecule has 0 aromatic rings. The van der Waals surface area contributed by atoms with Crippen molar-refractivity contribution in [3.63, 3.8) is 0 Å². The summed E-state index contributed by atoms with van der Waals surface area (Å²) in [4.78, 5) is 14.0. The molecule has 0 aromatic heterocycles. The Kier molecular flexibility index (Phi) is 4.56. The van der Waals surface area contributed by atoms with Gasteiger partial charge in [0.25, 0.3) is 0 Å². The van der Waals surface area contributed by atoms with Gasteiger partial charge in [-0.05, 0) is 25.7 Å². The van der Waals surface area contributed by atoms with Gasteiger partial charge in [-0.3, -0.25) is 9.00 Å². The smallest absolute Gasteiger partial charge is 0.239 e. The van der Waals surface area contributed by atoms with E-state index in [0.29, 0.717) is 24.1 Å². The maximum Gasteiger partial charge on any atom is 0.239 e. The fourth-order valence-corrected chi connectivity index (χ4v) is 2.92. The Morgan fingerprint density at radius 3 is 2.82 bits per heavy atom. The third-order valence-corrected chi connectivity index (χ3v) is 4.74. The lowest BCUT2D eigenvalue weighted by Gasteiger charge is -2.32. The third-order valence-electron chi connectivity index (χ3n) is 3.46. The van der Waals surface area contributed by atoms with Gasteiger partial charge in [0, 0.05) is 41.4 Å². The van der Waals surface area contributed by atoms with Gasteiger partial charge in [-0.2, -0.15) is 0 Å². The van der Waals surface area contributed by atoms with E-state index in [1.807, 2.05) is 11.8 Å². The molecule has 0 radical (unpaired) electrons. The Morgan fingerprint density at radius 2 is 2.18 bits per heavy atom. The first-order valence-corrected chi connectivity index (χ1v) is 8.09. The SMILES string of the molecule is CCS(=O)CCN1CCCC(NC2CC2)C1=O. The fourth-order valence-electron chi connectivity index (χ4n) is 2.21. The summed E-state index contributed by atoms with van der Waals surface area (Å²) in [5.41, 5.74) is 0. The van der Waals surface area contributed by atoms with Gasteiger partial charge in [0.05, 0.1) is 6.04 Å². The maximum absolute atomic E-state index is 12.2. The number of hydrogen-bond donors (Lipinski definition) is 1. The first-order valence-electron chi connectivity index (χ1n) is 6.60. The quantitative estimate of drug-likeness (QED) is 0.755. The number of piperidine rings is 1. The summed E-state index contributed by atoms with van der Waals surface area (Å²) in [6.45, 7) is 3.41. The highest BCUT2D eigenvalue weighted by molar-refractivity contribution is 7.84. The van der Waals surface area contributed by atoms with Crippen molar-refractivity contribution in [3.05, 3.63) is 0 Å². The van der Waals surface area contributed by atoms with Crippen molar-refractivity contribution in [3.8, 4) is 0 Å². The molecule has 0 bridgehead atoms. The van der Waals surface area contributed by atoms with Crippen LogP contribution >= 0.6 is 0 Å². The van der Waals surface area contributed by atoms with Gasteiger partial charge in [0.2, 0.25) is 5.91 Å². The van der Waals surface area contributed by atoms with E-state index in [1.165, 1.54) is 12.8 Å². The molecule has 5 heteroatoms. The molecule has 2 rings (SSSR count). The maximum atomic E-state index is 12.2. The second-order valence-electron chi connectivity index (χ2n) is 4.89. The van der Waals surface area contributed by atoms with E-state index in [0.717, 1.165) is 19.4 Å². The van der Waals surface area contributed by atoms with Gasteiger partial charge in [0.15, 0.2) is 0 Å². The topological polar surface area (TPSA) is 49.4 Å². The minimum atomic E-state index is -0.768. The molecule has 2 unspecified atom stereocenters. The van der Waals surface area contributed by atoms with Crippen molar-refractivity contribution in [2.75, 3.05) is 24.6 Å². The van der Waals surface area contributed by atoms with Crippen LogP contribution < -0.4 is 5.32 Å². The van der Waals surface area contributed by atoms with Gasteiger partial charge >= 0.3 is 0 Å². The van der Waals surface area contributed by atoms with Gasteiger partial charge in [-0.15, -0.1) is 0 Å². The number of hydrogen-bond acceptors (Lipinski definition) is 3. The monoisotopic (exact) mass is 258 g/mol. The van der Waals surface area contributed by atoms with E-state index in [1.54, 1.807) is 0 Å². The Balaban J connectivity index is 1.80. The van der Waals surface area contributed by atoms with Crippen molar-refractivity contribution in [2.24, 2.45) is 0 Å². The molecule has 1 saturated heterocycles. The zero-order valence-corrected chi connectivity index (χ0v) is 11.3. The molecular formula is C12H22N2O2S. The highest BCUT2D eigenvalue weighted by atomic mass is 32.2. The molecular weight excluding hydrogens is 236 g/mol.